The Balaban J connectivity index is 1.81. The number of halogens is 3. The molecule has 6 nitrogen and oxygen atoms in total. The lowest BCUT2D eigenvalue weighted by Crippen LogP contribution is -2.17. The van der Waals surface area contributed by atoms with E-state index in [4.69, 9.17) is 10.5 Å². The van der Waals surface area contributed by atoms with Crippen molar-refractivity contribution in [1.82, 2.24) is 4.98 Å². The summed E-state index contributed by atoms with van der Waals surface area (Å²) in [4.78, 5) is 30.1. The number of ether oxygens (including phenoxy) is 1. The van der Waals surface area contributed by atoms with Gasteiger partial charge in [0.15, 0.2) is 0 Å². The fourth-order valence-electron chi connectivity index (χ4n) is 4.04. The zero-order valence-electron chi connectivity index (χ0n) is 17.5. The smallest absolute Gasteiger partial charge is 0.433 e. The van der Waals surface area contributed by atoms with E-state index in [0.717, 1.165) is 22.6 Å². The quantitative estimate of drug-likeness (QED) is 0.480. The number of methoxy groups -OCH3 is 1. The van der Waals surface area contributed by atoms with Crippen LogP contribution in [0.15, 0.2) is 0 Å². The molecule has 0 spiro atoms. The van der Waals surface area contributed by atoms with Crippen LogP contribution in [0.1, 0.15) is 60.1 Å². The Morgan fingerprint density at radius 2 is 1.78 bits per heavy atom. The van der Waals surface area contributed by atoms with Gasteiger partial charge in [0.1, 0.15) is 20.4 Å². The summed E-state index contributed by atoms with van der Waals surface area (Å²) in [6.45, 7) is 3.56. The number of alkyl halides is 3. The lowest BCUT2D eigenvalue weighted by molar-refractivity contribution is -0.141. The molecule has 0 bridgehead atoms. The van der Waals surface area contributed by atoms with Crippen molar-refractivity contribution < 1.29 is 27.5 Å². The molecule has 170 valence electrons. The van der Waals surface area contributed by atoms with Crippen LogP contribution in [0.5, 0.6) is 0 Å². The fourth-order valence-corrected chi connectivity index (χ4v) is 6.10. The molecule has 0 saturated carbocycles. The summed E-state index contributed by atoms with van der Waals surface area (Å²) >= 11 is 2.04. The average molecular weight is 484 g/mol. The van der Waals surface area contributed by atoms with Gasteiger partial charge in [0.2, 0.25) is 0 Å². The zero-order chi connectivity index (χ0) is 23.4. The minimum Gasteiger partial charge on any atom is -0.465 e. The summed E-state index contributed by atoms with van der Waals surface area (Å²) in [6.07, 6.45) is -2.46. The maximum absolute atomic E-state index is 13.6. The highest BCUT2D eigenvalue weighted by Gasteiger charge is 2.38. The maximum atomic E-state index is 13.6. The Morgan fingerprint density at radius 3 is 2.41 bits per heavy atom. The van der Waals surface area contributed by atoms with Crippen molar-refractivity contribution in [2.24, 2.45) is 0 Å². The molecule has 0 unspecified atom stereocenters. The fraction of sp³-hybridized carbons (Fsp3) is 0.381. The van der Waals surface area contributed by atoms with Crippen LogP contribution in [0.2, 0.25) is 0 Å². The van der Waals surface area contributed by atoms with Crippen LogP contribution >= 0.6 is 22.7 Å². The van der Waals surface area contributed by atoms with E-state index in [-0.39, 0.29) is 32.9 Å². The number of amides is 1. The molecular weight excluding hydrogens is 463 g/mol. The Morgan fingerprint density at radius 1 is 1.12 bits per heavy atom. The second-order valence-electron chi connectivity index (χ2n) is 7.58. The second kappa shape index (κ2) is 8.04. The van der Waals surface area contributed by atoms with Gasteiger partial charge in [-0.15, -0.1) is 22.7 Å². The number of aromatic nitrogens is 1. The number of esters is 1. The number of aryl methyl sites for hydroxylation is 2. The standard InChI is InChI=1S/C21H20F3N3O3S2/c1-8-9(2)31-18(12(8)20(29)30-3)27-17(28)15-14(25)13-10-6-4-5-7-11(10)16(21(22,23)24)26-19(13)32-15/h4-7,25H2,1-3H3,(H,27,28). The van der Waals surface area contributed by atoms with Crippen LogP contribution in [0, 0.1) is 13.8 Å². The number of nitrogens with one attached hydrogen (secondary N) is 1. The van der Waals surface area contributed by atoms with Gasteiger partial charge in [-0.2, -0.15) is 13.2 Å². The number of carbonyl (C=O) groups is 2. The molecule has 0 fully saturated rings. The Hall–Kier alpha value is -2.66. The molecule has 0 saturated heterocycles. The average Bonchev–Trinajstić information content (AvgIpc) is 3.22. The highest BCUT2D eigenvalue weighted by Crippen LogP contribution is 2.44. The van der Waals surface area contributed by atoms with E-state index in [1.807, 2.05) is 6.92 Å². The minimum atomic E-state index is -4.59. The van der Waals surface area contributed by atoms with Gasteiger partial charge in [-0.1, -0.05) is 0 Å². The monoisotopic (exact) mass is 483 g/mol. The Bertz CT molecular complexity index is 1260. The third-order valence-corrected chi connectivity index (χ3v) is 7.89. The van der Waals surface area contributed by atoms with E-state index in [1.165, 1.54) is 18.4 Å². The van der Waals surface area contributed by atoms with Crippen molar-refractivity contribution in [3.63, 3.8) is 0 Å². The number of hydrogen-bond donors (Lipinski definition) is 2. The van der Waals surface area contributed by atoms with Gasteiger partial charge in [-0.05, 0) is 56.2 Å². The number of thiophene rings is 2. The van der Waals surface area contributed by atoms with Crippen LogP contribution < -0.4 is 11.1 Å². The number of anilines is 2. The lowest BCUT2D eigenvalue weighted by atomic mass is 9.88. The van der Waals surface area contributed by atoms with E-state index in [2.05, 4.69) is 10.3 Å². The van der Waals surface area contributed by atoms with E-state index in [9.17, 15) is 22.8 Å². The first-order valence-corrected chi connectivity index (χ1v) is 11.5. The molecule has 0 atom stereocenters. The second-order valence-corrected chi connectivity index (χ2v) is 9.80. The van der Waals surface area contributed by atoms with Crippen LogP contribution in [-0.4, -0.2) is 24.0 Å². The van der Waals surface area contributed by atoms with E-state index >= 15 is 0 Å². The number of nitrogens with zero attached hydrogens (tertiary/aromatic N) is 1. The largest absolute Gasteiger partial charge is 0.465 e. The Labute approximate surface area is 189 Å². The van der Waals surface area contributed by atoms with Gasteiger partial charge >= 0.3 is 12.1 Å². The van der Waals surface area contributed by atoms with E-state index < -0.39 is 23.7 Å². The molecule has 0 radical (unpaired) electrons. The molecule has 1 aliphatic rings. The molecule has 3 aromatic rings. The first kappa shape index (κ1) is 22.5. The molecule has 32 heavy (non-hydrogen) atoms. The van der Waals surface area contributed by atoms with Crippen molar-refractivity contribution in [2.45, 2.75) is 45.7 Å². The van der Waals surface area contributed by atoms with Crippen molar-refractivity contribution in [3.8, 4) is 0 Å². The van der Waals surface area contributed by atoms with Crippen molar-refractivity contribution >= 4 is 55.5 Å². The van der Waals surface area contributed by atoms with Crippen LogP contribution in [0.4, 0.5) is 23.9 Å². The number of fused-ring (bicyclic) bond motifs is 3. The van der Waals surface area contributed by atoms with Gasteiger partial charge in [0.25, 0.3) is 5.91 Å². The van der Waals surface area contributed by atoms with Crippen molar-refractivity contribution in [2.75, 3.05) is 18.2 Å². The summed E-state index contributed by atoms with van der Waals surface area (Å²) in [7, 11) is 1.25. The van der Waals surface area contributed by atoms with Gasteiger partial charge in [-0.25, -0.2) is 9.78 Å². The molecule has 11 heteroatoms. The number of hydrogen-bond acceptors (Lipinski definition) is 7. The van der Waals surface area contributed by atoms with E-state index in [1.54, 1.807) is 6.92 Å². The third kappa shape index (κ3) is 3.62. The minimum absolute atomic E-state index is 0.0686. The number of nitrogen functional groups attached to an aromatic ring is 1. The number of rotatable bonds is 3. The molecule has 0 aliphatic heterocycles. The van der Waals surface area contributed by atoms with Crippen LogP contribution in [-0.2, 0) is 23.8 Å². The van der Waals surface area contributed by atoms with Crippen LogP contribution in [0.25, 0.3) is 10.2 Å². The van der Waals surface area contributed by atoms with Gasteiger partial charge < -0.3 is 15.8 Å². The molecule has 3 N–H and O–H groups in total. The van der Waals surface area contributed by atoms with Gasteiger partial charge in [0.05, 0.1) is 18.4 Å². The number of carbonyl (C=O) groups excluding carboxylic acids is 2. The highest BCUT2D eigenvalue weighted by atomic mass is 32.1. The van der Waals surface area contributed by atoms with Crippen molar-refractivity contribution in [3.05, 3.63) is 37.7 Å². The molecule has 1 aliphatic carbocycles. The molecule has 3 aromatic heterocycles. The zero-order valence-corrected chi connectivity index (χ0v) is 19.2. The molecular formula is C21H20F3N3O3S2. The molecule has 1 amide bonds. The highest BCUT2D eigenvalue weighted by molar-refractivity contribution is 7.21. The van der Waals surface area contributed by atoms with Crippen molar-refractivity contribution in [1.29, 1.82) is 0 Å². The number of pyridine rings is 1. The van der Waals surface area contributed by atoms with E-state index in [0.29, 0.717) is 34.4 Å². The predicted octanol–water partition coefficient (Wildman–Crippen LogP) is 5.49. The lowest BCUT2D eigenvalue weighted by Gasteiger charge is -2.21. The molecule has 0 aromatic carbocycles. The SMILES string of the molecule is COC(=O)c1c(NC(=O)c2sc3nc(C(F)(F)F)c4c(c3c2N)CCCC4)sc(C)c1C. The topological polar surface area (TPSA) is 94.3 Å². The third-order valence-electron chi connectivity index (χ3n) is 5.67. The van der Waals surface area contributed by atoms with Gasteiger partial charge in [-0.3, -0.25) is 4.79 Å². The molecule has 3 heterocycles. The van der Waals surface area contributed by atoms with Crippen LogP contribution in [0.3, 0.4) is 0 Å². The summed E-state index contributed by atoms with van der Waals surface area (Å²) in [5, 5.41) is 3.42. The summed E-state index contributed by atoms with van der Waals surface area (Å²) in [5.74, 6) is -1.19. The summed E-state index contributed by atoms with van der Waals surface area (Å²) < 4.78 is 45.7. The summed E-state index contributed by atoms with van der Waals surface area (Å²) in [6, 6.07) is 0. The first-order chi connectivity index (χ1) is 15.0. The Kier molecular flexibility index (Phi) is 5.66. The summed E-state index contributed by atoms with van der Waals surface area (Å²) in [5.41, 5.74) is 7.13. The molecule has 4 rings (SSSR count). The van der Waals surface area contributed by atoms with Gasteiger partial charge in [0, 0.05) is 10.3 Å². The number of nitrogens with two attached hydrogens (primary N) is 1. The maximum Gasteiger partial charge on any atom is 0.433 e. The first-order valence-electron chi connectivity index (χ1n) is 9.85. The normalized spacial score (nSPS) is 13.8. The predicted molar refractivity (Wildman–Crippen MR) is 119 cm³/mol.